The Morgan fingerprint density at radius 2 is 2.40 bits per heavy atom. The molecular weight excluding hydrogens is 192 g/mol. The van der Waals surface area contributed by atoms with Crippen LogP contribution < -0.4 is 0 Å². The van der Waals surface area contributed by atoms with Crippen LogP contribution in [0.4, 0.5) is 0 Å². The molecule has 0 aromatic carbocycles. The van der Waals surface area contributed by atoms with E-state index < -0.39 is 0 Å². The van der Waals surface area contributed by atoms with Gasteiger partial charge in [-0.3, -0.25) is 9.20 Å². The Kier molecular flexibility index (Phi) is 2.51. The van der Waals surface area contributed by atoms with E-state index >= 15 is 0 Å². The van der Waals surface area contributed by atoms with Gasteiger partial charge in [-0.1, -0.05) is 0 Å². The third-order valence-corrected chi connectivity index (χ3v) is 2.29. The molecule has 78 valence electrons. The number of aldehydes is 1. The SMILES string of the molecule is COCc1nc2cc(C)ccn2c1C=O. The van der Waals surface area contributed by atoms with Crippen LogP contribution >= 0.6 is 0 Å². The van der Waals surface area contributed by atoms with Crippen LogP contribution in [-0.4, -0.2) is 22.8 Å². The Morgan fingerprint density at radius 3 is 3.07 bits per heavy atom. The summed E-state index contributed by atoms with van der Waals surface area (Å²) in [6, 6.07) is 3.88. The van der Waals surface area contributed by atoms with Gasteiger partial charge in [0, 0.05) is 13.3 Å². The van der Waals surface area contributed by atoms with Gasteiger partial charge in [0.1, 0.15) is 11.3 Å². The van der Waals surface area contributed by atoms with Gasteiger partial charge in [-0.2, -0.15) is 0 Å². The number of imidazole rings is 1. The first-order chi connectivity index (χ1) is 7.26. The highest BCUT2D eigenvalue weighted by atomic mass is 16.5. The number of pyridine rings is 1. The predicted molar refractivity (Wildman–Crippen MR) is 56.0 cm³/mol. The fourth-order valence-electron chi connectivity index (χ4n) is 1.58. The van der Waals surface area contributed by atoms with E-state index in [1.165, 1.54) is 0 Å². The second-order valence-electron chi connectivity index (χ2n) is 3.43. The number of carbonyl (C=O) groups is 1. The predicted octanol–water partition coefficient (Wildman–Crippen LogP) is 1.60. The molecule has 0 amide bonds. The summed E-state index contributed by atoms with van der Waals surface area (Å²) >= 11 is 0. The molecule has 15 heavy (non-hydrogen) atoms. The van der Waals surface area contributed by atoms with Gasteiger partial charge in [-0.15, -0.1) is 0 Å². The van der Waals surface area contributed by atoms with E-state index in [4.69, 9.17) is 4.74 Å². The molecule has 4 heteroatoms. The topological polar surface area (TPSA) is 43.6 Å². The Bertz CT molecular complexity index is 503. The highest BCUT2D eigenvalue weighted by Crippen LogP contribution is 2.13. The average Bonchev–Trinajstić information content (AvgIpc) is 2.54. The molecule has 0 aliphatic carbocycles. The van der Waals surface area contributed by atoms with Crippen LogP contribution in [0.3, 0.4) is 0 Å². The summed E-state index contributed by atoms with van der Waals surface area (Å²) in [5, 5.41) is 0. The van der Waals surface area contributed by atoms with Crippen molar-refractivity contribution in [2.24, 2.45) is 0 Å². The van der Waals surface area contributed by atoms with E-state index in [9.17, 15) is 4.79 Å². The van der Waals surface area contributed by atoms with Crippen LogP contribution in [0.1, 0.15) is 21.7 Å². The molecular formula is C11H12N2O2. The molecule has 2 heterocycles. The van der Waals surface area contributed by atoms with Crippen molar-refractivity contribution in [3.63, 3.8) is 0 Å². The molecule has 0 fully saturated rings. The maximum Gasteiger partial charge on any atom is 0.168 e. The molecule has 0 saturated carbocycles. The third kappa shape index (κ3) is 1.64. The Hall–Kier alpha value is -1.68. The largest absolute Gasteiger partial charge is 0.378 e. The number of fused-ring (bicyclic) bond motifs is 1. The second kappa shape index (κ2) is 3.82. The number of nitrogens with zero attached hydrogens (tertiary/aromatic N) is 2. The zero-order valence-corrected chi connectivity index (χ0v) is 8.73. The van der Waals surface area contributed by atoms with Gasteiger partial charge in [0.15, 0.2) is 6.29 Å². The van der Waals surface area contributed by atoms with Crippen LogP contribution in [0, 0.1) is 6.92 Å². The lowest BCUT2D eigenvalue weighted by atomic mass is 10.3. The first kappa shape index (κ1) is 9.86. The number of aromatic nitrogens is 2. The van der Waals surface area contributed by atoms with Crippen LogP contribution in [0.25, 0.3) is 5.65 Å². The van der Waals surface area contributed by atoms with Gasteiger partial charge in [-0.25, -0.2) is 4.98 Å². The highest BCUT2D eigenvalue weighted by molar-refractivity contribution is 5.76. The summed E-state index contributed by atoms with van der Waals surface area (Å²) < 4.78 is 6.77. The molecule has 0 aliphatic rings. The number of ether oxygens (including phenoxy) is 1. The lowest BCUT2D eigenvalue weighted by molar-refractivity contribution is 0.111. The zero-order valence-electron chi connectivity index (χ0n) is 8.73. The van der Waals surface area contributed by atoms with E-state index in [2.05, 4.69) is 4.98 Å². The normalized spacial score (nSPS) is 10.8. The van der Waals surface area contributed by atoms with Crippen LogP contribution in [-0.2, 0) is 11.3 Å². The molecule has 0 radical (unpaired) electrons. The smallest absolute Gasteiger partial charge is 0.168 e. The highest BCUT2D eigenvalue weighted by Gasteiger charge is 2.10. The number of hydrogen-bond donors (Lipinski definition) is 0. The summed E-state index contributed by atoms with van der Waals surface area (Å²) in [4.78, 5) is 15.3. The zero-order chi connectivity index (χ0) is 10.8. The van der Waals surface area contributed by atoms with Crippen molar-refractivity contribution >= 4 is 11.9 Å². The average molecular weight is 204 g/mol. The van der Waals surface area contributed by atoms with Crippen molar-refractivity contribution in [2.75, 3.05) is 7.11 Å². The standard InChI is InChI=1S/C11H12N2O2/c1-8-3-4-13-10(6-14)9(7-15-2)12-11(13)5-8/h3-6H,7H2,1-2H3. The Labute approximate surface area is 87.5 Å². The lowest BCUT2D eigenvalue weighted by Crippen LogP contribution is -1.96. The maximum atomic E-state index is 10.9. The fraction of sp³-hybridized carbons (Fsp3) is 0.273. The summed E-state index contributed by atoms with van der Waals surface area (Å²) in [5.74, 6) is 0. The molecule has 0 atom stereocenters. The molecule has 4 nitrogen and oxygen atoms in total. The fourth-order valence-corrected chi connectivity index (χ4v) is 1.58. The molecule has 0 saturated heterocycles. The first-order valence-corrected chi connectivity index (χ1v) is 4.68. The monoisotopic (exact) mass is 204 g/mol. The Balaban J connectivity index is 2.67. The molecule has 0 bridgehead atoms. The minimum atomic E-state index is 0.356. The molecule has 0 unspecified atom stereocenters. The number of hydrogen-bond acceptors (Lipinski definition) is 3. The second-order valence-corrected chi connectivity index (χ2v) is 3.43. The Morgan fingerprint density at radius 1 is 1.60 bits per heavy atom. The van der Waals surface area contributed by atoms with Gasteiger partial charge in [0.25, 0.3) is 0 Å². The van der Waals surface area contributed by atoms with Crippen molar-refractivity contribution in [3.05, 3.63) is 35.3 Å². The number of rotatable bonds is 3. The van der Waals surface area contributed by atoms with Crippen LogP contribution in [0.15, 0.2) is 18.3 Å². The lowest BCUT2D eigenvalue weighted by Gasteiger charge is -1.96. The summed E-state index contributed by atoms with van der Waals surface area (Å²) in [6.45, 7) is 2.35. The van der Waals surface area contributed by atoms with Crippen LogP contribution in [0.2, 0.25) is 0 Å². The molecule has 2 rings (SSSR count). The summed E-state index contributed by atoms with van der Waals surface area (Å²) in [7, 11) is 1.59. The molecule has 0 spiro atoms. The number of aryl methyl sites for hydroxylation is 1. The molecule has 0 aliphatic heterocycles. The molecule has 0 N–H and O–H groups in total. The quantitative estimate of drug-likeness (QED) is 0.713. The van der Waals surface area contributed by atoms with Gasteiger partial charge >= 0.3 is 0 Å². The van der Waals surface area contributed by atoms with Crippen molar-refractivity contribution in [1.29, 1.82) is 0 Å². The minimum Gasteiger partial charge on any atom is -0.378 e. The van der Waals surface area contributed by atoms with E-state index in [0.717, 1.165) is 17.5 Å². The van der Waals surface area contributed by atoms with Gasteiger partial charge in [0.05, 0.1) is 12.3 Å². The number of carbonyl (C=O) groups excluding carboxylic acids is 1. The number of methoxy groups -OCH3 is 1. The third-order valence-electron chi connectivity index (χ3n) is 2.29. The van der Waals surface area contributed by atoms with Crippen molar-refractivity contribution in [1.82, 2.24) is 9.38 Å². The van der Waals surface area contributed by atoms with E-state index in [-0.39, 0.29) is 0 Å². The van der Waals surface area contributed by atoms with Gasteiger partial charge < -0.3 is 4.74 Å². The van der Waals surface area contributed by atoms with E-state index in [1.807, 2.05) is 25.3 Å². The van der Waals surface area contributed by atoms with Crippen molar-refractivity contribution < 1.29 is 9.53 Å². The molecule has 2 aromatic heterocycles. The minimum absolute atomic E-state index is 0.356. The summed E-state index contributed by atoms with van der Waals surface area (Å²) in [5.41, 5.74) is 3.14. The summed E-state index contributed by atoms with van der Waals surface area (Å²) in [6.07, 6.45) is 2.66. The van der Waals surface area contributed by atoms with Crippen molar-refractivity contribution in [3.8, 4) is 0 Å². The maximum absolute atomic E-state index is 10.9. The molecule has 2 aromatic rings. The van der Waals surface area contributed by atoms with E-state index in [1.54, 1.807) is 11.5 Å². The van der Waals surface area contributed by atoms with Crippen molar-refractivity contribution in [2.45, 2.75) is 13.5 Å². The van der Waals surface area contributed by atoms with Gasteiger partial charge in [0.2, 0.25) is 0 Å². The first-order valence-electron chi connectivity index (χ1n) is 4.68. The van der Waals surface area contributed by atoms with Crippen LogP contribution in [0.5, 0.6) is 0 Å². The van der Waals surface area contributed by atoms with E-state index in [0.29, 0.717) is 18.0 Å². The van der Waals surface area contributed by atoms with Gasteiger partial charge in [-0.05, 0) is 24.6 Å².